The molecule has 1 aliphatic carbocycles. The molecule has 1 atom stereocenters. The molecule has 186 valence electrons. The molecule has 2 aromatic heterocycles. The van der Waals surface area contributed by atoms with E-state index in [0.717, 1.165) is 30.9 Å². The summed E-state index contributed by atoms with van der Waals surface area (Å²) >= 11 is 0. The van der Waals surface area contributed by atoms with Gasteiger partial charge in [-0.1, -0.05) is 18.1 Å². The lowest BCUT2D eigenvalue weighted by atomic mass is 9.82. The third kappa shape index (κ3) is 5.03. The molecule has 3 aromatic rings. The lowest BCUT2D eigenvalue weighted by Gasteiger charge is -2.31. The highest BCUT2D eigenvalue weighted by Gasteiger charge is 2.44. The maximum absolute atomic E-state index is 13.1. The fourth-order valence-corrected chi connectivity index (χ4v) is 4.76. The Bertz CT molecular complexity index is 1310. The van der Waals surface area contributed by atoms with Crippen molar-refractivity contribution in [3.63, 3.8) is 0 Å². The SMILES string of the molecule is C[C@H]1CCN(c2cc(-c3ccccc3O)nnc2N)CCN1c1ccnc(C#CC2CC(F)(F)C2)c1. The fourth-order valence-electron chi connectivity index (χ4n) is 4.76. The predicted molar refractivity (Wildman–Crippen MR) is 136 cm³/mol. The van der Waals surface area contributed by atoms with Crippen molar-refractivity contribution in [3.05, 3.63) is 54.4 Å². The van der Waals surface area contributed by atoms with Crippen molar-refractivity contribution in [2.45, 2.75) is 38.2 Å². The summed E-state index contributed by atoms with van der Waals surface area (Å²) in [6.45, 7) is 4.40. The molecule has 2 aliphatic rings. The van der Waals surface area contributed by atoms with Crippen molar-refractivity contribution >= 4 is 17.2 Å². The molecule has 1 saturated carbocycles. The maximum atomic E-state index is 13.1. The van der Waals surface area contributed by atoms with Gasteiger partial charge in [0.25, 0.3) is 5.92 Å². The van der Waals surface area contributed by atoms with Gasteiger partial charge in [0.2, 0.25) is 0 Å². The van der Waals surface area contributed by atoms with Gasteiger partial charge in [-0.15, -0.1) is 10.2 Å². The second-order valence-corrected chi connectivity index (χ2v) is 9.47. The summed E-state index contributed by atoms with van der Waals surface area (Å²) < 4.78 is 26.2. The van der Waals surface area contributed by atoms with Crippen LogP contribution >= 0.6 is 0 Å². The Labute approximate surface area is 209 Å². The molecule has 3 N–H and O–H groups in total. The van der Waals surface area contributed by atoms with Crippen LogP contribution in [-0.2, 0) is 0 Å². The Morgan fingerprint density at radius 2 is 1.89 bits per heavy atom. The number of hydrogen-bond donors (Lipinski definition) is 2. The van der Waals surface area contributed by atoms with Gasteiger partial charge < -0.3 is 20.6 Å². The minimum atomic E-state index is -2.57. The van der Waals surface area contributed by atoms with E-state index in [9.17, 15) is 13.9 Å². The Morgan fingerprint density at radius 3 is 2.67 bits per heavy atom. The first-order valence-corrected chi connectivity index (χ1v) is 12.1. The van der Waals surface area contributed by atoms with Gasteiger partial charge in [0.05, 0.1) is 11.4 Å². The summed E-state index contributed by atoms with van der Waals surface area (Å²) in [5.41, 5.74) is 9.76. The highest BCUT2D eigenvalue weighted by atomic mass is 19.3. The smallest absolute Gasteiger partial charge is 0.250 e. The van der Waals surface area contributed by atoms with E-state index in [1.54, 1.807) is 24.4 Å². The highest BCUT2D eigenvalue weighted by molar-refractivity contribution is 5.74. The molecule has 9 heteroatoms. The van der Waals surface area contributed by atoms with E-state index in [1.807, 2.05) is 24.3 Å². The first-order valence-electron chi connectivity index (χ1n) is 12.1. The third-order valence-corrected chi connectivity index (χ3v) is 6.85. The van der Waals surface area contributed by atoms with Gasteiger partial charge in [-0.25, -0.2) is 13.8 Å². The minimum Gasteiger partial charge on any atom is -0.507 e. The van der Waals surface area contributed by atoms with E-state index < -0.39 is 5.92 Å². The molecule has 0 radical (unpaired) electrons. The molecule has 0 unspecified atom stereocenters. The van der Waals surface area contributed by atoms with Crippen LogP contribution < -0.4 is 15.5 Å². The van der Waals surface area contributed by atoms with E-state index in [2.05, 4.69) is 43.7 Å². The first kappa shape index (κ1) is 23.8. The van der Waals surface area contributed by atoms with Crippen molar-refractivity contribution in [3.8, 4) is 28.8 Å². The molecule has 0 amide bonds. The summed E-state index contributed by atoms with van der Waals surface area (Å²) in [4.78, 5) is 8.82. The number of phenols is 1. The van der Waals surface area contributed by atoms with Gasteiger partial charge in [-0.2, -0.15) is 0 Å². The number of nitrogens with zero attached hydrogens (tertiary/aromatic N) is 5. The van der Waals surface area contributed by atoms with Gasteiger partial charge in [0.1, 0.15) is 11.4 Å². The Hall–Kier alpha value is -3.93. The van der Waals surface area contributed by atoms with E-state index >= 15 is 0 Å². The van der Waals surface area contributed by atoms with Crippen LogP contribution in [0.4, 0.5) is 26.0 Å². The number of aromatic hydroxyl groups is 1. The molecular weight excluding hydrogens is 462 g/mol. The average Bonchev–Trinajstić information content (AvgIpc) is 3.04. The number of alkyl halides is 2. The van der Waals surface area contributed by atoms with Crippen molar-refractivity contribution in [2.24, 2.45) is 5.92 Å². The van der Waals surface area contributed by atoms with Gasteiger partial charge >= 0.3 is 0 Å². The Balaban J connectivity index is 1.33. The number of halogens is 2. The van der Waals surface area contributed by atoms with Gasteiger partial charge in [-0.05, 0) is 49.6 Å². The van der Waals surface area contributed by atoms with Crippen LogP contribution in [0, 0.1) is 17.8 Å². The number of nitrogens with two attached hydrogens (primary N) is 1. The number of para-hydroxylation sites is 1. The van der Waals surface area contributed by atoms with Crippen molar-refractivity contribution < 1.29 is 13.9 Å². The number of aromatic nitrogens is 3. The quantitative estimate of drug-likeness (QED) is 0.528. The molecule has 2 fully saturated rings. The Kier molecular flexibility index (Phi) is 6.35. The zero-order valence-electron chi connectivity index (χ0n) is 20.0. The molecule has 1 aliphatic heterocycles. The van der Waals surface area contributed by atoms with E-state index in [4.69, 9.17) is 5.73 Å². The van der Waals surface area contributed by atoms with Crippen LogP contribution in [0.2, 0.25) is 0 Å². The number of nitrogen functional groups attached to an aromatic ring is 1. The number of anilines is 3. The van der Waals surface area contributed by atoms with Crippen molar-refractivity contribution in [1.29, 1.82) is 0 Å². The van der Waals surface area contributed by atoms with Crippen LogP contribution in [0.15, 0.2) is 48.7 Å². The highest BCUT2D eigenvalue weighted by Crippen LogP contribution is 2.41. The van der Waals surface area contributed by atoms with Crippen LogP contribution in [-0.4, -0.2) is 51.9 Å². The standard InChI is InChI=1S/C27H28F2N6O/c1-18-9-11-34(24-15-23(32-33-26(24)30)22-4-2-3-5-25(22)36)12-13-35(18)21-8-10-31-20(14-21)7-6-19-16-27(28,29)17-19/h2-5,8,10,14-15,18-19,36H,9,11-13,16-17H2,1H3,(H2,30,33)/t18-/m0/s1. The zero-order chi connectivity index (χ0) is 25.3. The summed E-state index contributed by atoms with van der Waals surface area (Å²) in [5.74, 6) is 3.57. The molecule has 3 heterocycles. The monoisotopic (exact) mass is 490 g/mol. The molecular formula is C27H28F2N6O. The maximum Gasteiger partial charge on any atom is 0.250 e. The molecule has 5 rings (SSSR count). The van der Waals surface area contributed by atoms with Crippen molar-refractivity contribution in [1.82, 2.24) is 15.2 Å². The minimum absolute atomic E-state index is 0.140. The van der Waals surface area contributed by atoms with Crippen LogP contribution in [0.5, 0.6) is 5.75 Å². The topological polar surface area (TPSA) is 91.4 Å². The second kappa shape index (κ2) is 9.61. The molecule has 0 spiro atoms. The van der Waals surface area contributed by atoms with E-state index in [-0.39, 0.29) is 30.6 Å². The number of pyridine rings is 1. The summed E-state index contributed by atoms with van der Waals surface area (Å²) in [6.07, 6.45) is 2.26. The lowest BCUT2D eigenvalue weighted by molar-refractivity contribution is -0.0936. The fraction of sp³-hybridized carbons (Fsp3) is 0.370. The number of benzene rings is 1. The largest absolute Gasteiger partial charge is 0.507 e. The molecule has 36 heavy (non-hydrogen) atoms. The second-order valence-electron chi connectivity index (χ2n) is 9.47. The predicted octanol–water partition coefficient (Wildman–Crippen LogP) is 4.33. The molecule has 7 nitrogen and oxygen atoms in total. The molecule has 1 aromatic carbocycles. The zero-order valence-corrected chi connectivity index (χ0v) is 20.0. The lowest BCUT2D eigenvalue weighted by Crippen LogP contribution is -2.35. The number of phenolic OH excluding ortho intramolecular Hbond substituents is 1. The first-order chi connectivity index (χ1) is 17.3. The summed E-state index contributed by atoms with van der Waals surface area (Å²) in [7, 11) is 0. The normalized spacial score (nSPS) is 19.7. The van der Waals surface area contributed by atoms with Crippen LogP contribution in [0.1, 0.15) is 31.9 Å². The average molecular weight is 491 g/mol. The summed E-state index contributed by atoms with van der Waals surface area (Å²) in [5, 5.41) is 18.6. The summed E-state index contributed by atoms with van der Waals surface area (Å²) in [6, 6.07) is 13.0. The van der Waals surface area contributed by atoms with Crippen molar-refractivity contribution in [2.75, 3.05) is 35.2 Å². The molecule has 1 saturated heterocycles. The Morgan fingerprint density at radius 1 is 1.08 bits per heavy atom. The van der Waals surface area contributed by atoms with E-state index in [0.29, 0.717) is 29.3 Å². The van der Waals surface area contributed by atoms with Gasteiger partial charge in [0.15, 0.2) is 5.82 Å². The van der Waals surface area contributed by atoms with Crippen LogP contribution in [0.3, 0.4) is 0 Å². The van der Waals surface area contributed by atoms with Gasteiger partial charge in [-0.3, -0.25) is 0 Å². The third-order valence-electron chi connectivity index (χ3n) is 6.85. The van der Waals surface area contributed by atoms with E-state index in [1.165, 1.54) is 0 Å². The number of rotatable bonds is 3. The number of hydrogen-bond acceptors (Lipinski definition) is 7. The van der Waals surface area contributed by atoms with Gasteiger partial charge in [0, 0.05) is 61.9 Å². The molecule has 0 bridgehead atoms. The van der Waals surface area contributed by atoms with Crippen LogP contribution in [0.25, 0.3) is 11.3 Å².